The molecule has 0 aromatic rings. The maximum absolute atomic E-state index is 3.07. The predicted molar refractivity (Wildman–Crippen MR) is 47.0 cm³/mol. The van der Waals surface area contributed by atoms with Crippen molar-refractivity contribution in [2.45, 2.75) is 33.6 Å². The van der Waals surface area contributed by atoms with Gasteiger partial charge < -0.3 is 0 Å². The van der Waals surface area contributed by atoms with E-state index in [0.717, 1.165) is 6.42 Å². The van der Waals surface area contributed by atoms with E-state index in [1.807, 2.05) is 19.1 Å². The Kier molecular flexibility index (Phi) is 5.91. The fourth-order valence-electron chi connectivity index (χ4n) is 0.779. The zero-order valence-electron chi connectivity index (χ0n) is 7.15. The second-order valence-electron chi connectivity index (χ2n) is 2.21. The van der Waals surface area contributed by atoms with Gasteiger partial charge in [-0.1, -0.05) is 19.4 Å². The number of hydrogen-bond donors (Lipinski definition) is 0. The average Bonchev–Trinajstić information content (AvgIpc) is 1.98. The molecule has 0 heteroatoms. The van der Waals surface area contributed by atoms with Crippen LogP contribution in [0.15, 0.2) is 29.5 Å². The van der Waals surface area contributed by atoms with Gasteiger partial charge in [-0.25, -0.2) is 0 Å². The van der Waals surface area contributed by atoms with Crippen molar-refractivity contribution in [2.24, 2.45) is 0 Å². The summed E-state index contributed by atoms with van der Waals surface area (Å²) in [5.41, 5.74) is 4.44. The van der Waals surface area contributed by atoms with Gasteiger partial charge in [-0.15, -0.1) is 5.73 Å². The smallest absolute Gasteiger partial charge is 0.0174 e. The molecule has 0 nitrogen and oxygen atoms in total. The molecular weight excluding hydrogens is 120 g/mol. The van der Waals surface area contributed by atoms with E-state index in [9.17, 15) is 0 Å². The van der Waals surface area contributed by atoms with Crippen molar-refractivity contribution < 1.29 is 0 Å². The van der Waals surface area contributed by atoms with Crippen LogP contribution in [0.2, 0.25) is 0 Å². The van der Waals surface area contributed by atoms with Gasteiger partial charge in [0.15, 0.2) is 0 Å². The zero-order chi connectivity index (χ0) is 7.82. The van der Waals surface area contributed by atoms with E-state index in [-0.39, 0.29) is 0 Å². The van der Waals surface area contributed by atoms with Gasteiger partial charge in [0.25, 0.3) is 0 Å². The predicted octanol–water partition coefficient (Wildman–Crippen LogP) is 3.46. The highest BCUT2D eigenvalue weighted by atomic mass is 13.9. The largest absolute Gasteiger partial charge is 0.125 e. The minimum atomic E-state index is 1.16. The van der Waals surface area contributed by atoms with Crippen molar-refractivity contribution in [1.29, 1.82) is 0 Å². The van der Waals surface area contributed by atoms with Gasteiger partial charge in [-0.3, -0.25) is 0 Å². The molecule has 0 saturated heterocycles. The van der Waals surface area contributed by atoms with Crippen LogP contribution in [0.3, 0.4) is 0 Å². The molecule has 10 heavy (non-hydrogen) atoms. The van der Waals surface area contributed by atoms with Crippen LogP contribution in [-0.4, -0.2) is 0 Å². The SMILES string of the molecule is CC=C=C/C(=C\C)CCC. The minimum Gasteiger partial charge on any atom is -0.125 e. The van der Waals surface area contributed by atoms with Crippen molar-refractivity contribution in [3.8, 4) is 0 Å². The molecule has 0 N–H and O–H groups in total. The highest BCUT2D eigenvalue weighted by molar-refractivity contribution is 5.16. The molecule has 0 aliphatic heterocycles. The van der Waals surface area contributed by atoms with E-state index in [0.29, 0.717) is 0 Å². The Balaban J connectivity index is 3.97. The highest BCUT2D eigenvalue weighted by Crippen LogP contribution is 2.04. The van der Waals surface area contributed by atoms with Gasteiger partial charge in [0.2, 0.25) is 0 Å². The summed E-state index contributed by atoms with van der Waals surface area (Å²) in [5, 5.41) is 0. The first-order valence-electron chi connectivity index (χ1n) is 3.87. The lowest BCUT2D eigenvalue weighted by molar-refractivity contribution is 0.924. The van der Waals surface area contributed by atoms with Crippen molar-refractivity contribution in [3.63, 3.8) is 0 Å². The summed E-state index contributed by atoms with van der Waals surface area (Å²) in [6.45, 7) is 6.24. The first-order valence-corrected chi connectivity index (χ1v) is 3.87. The first-order chi connectivity index (χ1) is 4.85. The molecule has 56 valence electrons. The van der Waals surface area contributed by atoms with Crippen LogP contribution in [-0.2, 0) is 0 Å². The maximum Gasteiger partial charge on any atom is -0.0174 e. The summed E-state index contributed by atoms with van der Waals surface area (Å²) >= 11 is 0. The second kappa shape index (κ2) is 6.38. The number of rotatable bonds is 3. The van der Waals surface area contributed by atoms with E-state index in [4.69, 9.17) is 0 Å². The van der Waals surface area contributed by atoms with Gasteiger partial charge in [0.1, 0.15) is 0 Å². The third kappa shape index (κ3) is 4.17. The van der Waals surface area contributed by atoms with Gasteiger partial charge in [0, 0.05) is 0 Å². The van der Waals surface area contributed by atoms with Gasteiger partial charge in [-0.05, 0) is 38.0 Å². The third-order valence-electron chi connectivity index (χ3n) is 1.34. The summed E-state index contributed by atoms with van der Waals surface area (Å²) < 4.78 is 0. The van der Waals surface area contributed by atoms with Crippen LogP contribution in [0.5, 0.6) is 0 Å². The molecule has 0 unspecified atom stereocenters. The van der Waals surface area contributed by atoms with Crippen molar-refractivity contribution >= 4 is 0 Å². The molecule has 0 aromatic carbocycles. The summed E-state index contributed by atoms with van der Waals surface area (Å²) in [7, 11) is 0. The normalized spacial score (nSPS) is 10.5. The van der Waals surface area contributed by atoms with Crippen LogP contribution in [0, 0.1) is 0 Å². The third-order valence-corrected chi connectivity index (χ3v) is 1.34. The van der Waals surface area contributed by atoms with Gasteiger partial charge in [-0.2, -0.15) is 0 Å². The maximum atomic E-state index is 3.07. The zero-order valence-corrected chi connectivity index (χ0v) is 7.15. The van der Waals surface area contributed by atoms with Crippen LogP contribution < -0.4 is 0 Å². The topological polar surface area (TPSA) is 0 Å². The van der Waals surface area contributed by atoms with Gasteiger partial charge in [0.05, 0.1) is 0 Å². The molecule has 0 bridgehead atoms. The second-order valence-corrected chi connectivity index (χ2v) is 2.21. The molecule has 0 aliphatic carbocycles. The average molecular weight is 136 g/mol. The quantitative estimate of drug-likeness (QED) is 0.411. The number of hydrogen-bond acceptors (Lipinski definition) is 0. The first kappa shape index (κ1) is 9.26. The Hall–Kier alpha value is -0.740. The van der Waals surface area contributed by atoms with E-state index < -0.39 is 0 Å². The lowest BCUT2D eigenvalue weighted by Gasteiger charge is -1.93. The van der Waals surface area contributed by atoms with E-state index in [1.165, 1.54) is 12.0 Å². The summed E-state index contributed by atoms with van der Waals surface area (Å²) in [5.74, 6) is 0. The fraction of sp³-hybridized carbons (Fsp3) is 0.500. The molecule has 0 aliphatic rings. The Morgan fingerprint density at radius 2 is 2.10 bits per heavy atom. The summed E-state index contributed by atoms with van der Waals surface area (Å²) in [4.78, 5) is 0. The Labute approximate surface area is 64.0 Å². The van der Waals surface area contributed by atoms with Crippen molar-refractivity contribution in [3.05, 3.63) is 29.5 Å². The lowest BCUT2D eigenvalue weighted by Crippen LogP contribution is -1.73. The molecule has 0 rings (SSSR count). The Bertz CT molecular complexity index is 155. The van der Waals surface area contributed by atoms with E-state index >= 15 is 0 Å². The standard InChI is InChI=1S/C10H16/c1-4-7-9-10(6-3)8-5-2/h4,6,9H,5,8H2,1-3H3/b10-6-. The van der Waals surface area contributed by atoms with Crippen molar-refractivity contribution in [2.75, 3.05) is 0 Å². The monoisotopic (exact) mass is 136 g/mol. The Morgan fingerprint density at radius 1 is 1.40 bits per heavy atom. The molecule has 0 radical (unpaired) electrons. The molecule has 0 atom stereocenters. The molecule has 0 fully saturated rings. The van der Waals surface area contributed by atoms with Crippen LogP contribution in [0.4, 0.5) is 0 Å². The van der Waals surface area contributed by atoms with Crippen LogP contribution in [0.25, 0.3) is 0 Å². The molecule has 0 spiro atoms. The highest BCUT2D eigenvalue weighted by Gasteiger charge is 1.84. The van der Waals surface area contributed by atoms with Gasteiger partial charge >= 0.3 is 0 Å². The molecule has 0 heterocycles. The van der Waals surface area contributed by atoms with Crippen LogP contribution >= 0.6 is 0 Å². The molecule has 0 amide bonds. The molecule has 0 saturated carbocycles. The lowest BCUT2D eigenvalue weighted by atomic mass is 10.1. The molecular formula is C10H16. The van der Waals surface area contributed by atoms with E-state index in [1.54, 1.807) is 0 Å². The Morgan fingerprint density at radius 3 is 2.50 bits per heavy atom. The summed E-state index contributed by atoms with van der Waals surface area (Å²) in [6.07, 6.45) is 8.49. The van der Waals surface area contributed by atoms with Crippen LogP contribution in [0.1, 0.15) is 33.6 Å². The number of allylic oxidation sites excluding steroid dienone is 3. The summed E-state index contributed by atoms with van der Waals surface area (Å²) in [6, 6.07) is 0. The molecule has 0 aromatic heterocycles. The minimum absolute atomic E-state index is 1.16. The van der Waals surface area contributed by atoms with Crippen molar-refractivity contribution in [1.82, 2.24) is 0 Å². The fourth-order valence-corrected chi connectivity index (χ4v) is 0.779. The van der Waals surface area contributed by atoms with E-state index in [2.05, 4.69) is 25.7 Å².